The van der Waals surface area contributed by atoms with E-state index in [0.717, 1.165) is 51.6 Å². The van der Waals surface area contributed by atoms with Crippen LogP contribution in [0.2, 0.25) is 0 Å². The van der Waals surface area contributed by atoms with Gasteiger partial charge in [-0.2, -0.15) is 0 Å². The second kappa shape index (κ2) is 6.02. The molecule has 4 nitrogen and oxygen atoms in total. The van der Waals surface area contributed by atoms with Gasteiger partial charge in [0.2, 0.25) is 5.91 Å². The van der Waals surface area contributed by atoms with Crippen molar-refractivity contribution >= 4 is 5.91 Å². The highest BCUT2D eigenvalue weighted by molar-refractivity contribution is 5.83. The van der Waals surface area contributed by atoms with Gasteiger partial charge in [0.25, 0.3) is 0 Å². The number of carbonyl (C=O) groups excluding carboxylic acids is 1. The van der Waals surface area contributed by atoms with Crippen LogP contribution in [0, 0.1) is 0 Å². The third-order valence-electron chi connectivity index (χ3n) is 4.49. The molecule has 0 aromatic rings. The van der Waals surface area contributed by atoms with Gasteiger partial charge in [-0.3, -0.25) is 9.69 Å². The SMILES string of the molecule is CCCN(C1CCC(N)CC1)C1CCN(C)C1=O. The summed E-state index contributed by atoms with van der Waals surface area (Å²) >= 11 is 0. The molecule has 0 bridgehead atoms. The molecule has 1 aliphatic heterocycles. The number of hydrogen-bond acceptors (Lipinski definition) is 3. The monoisotopic (exact) mass is 253 g/mol. The van der Waals surface area contributed by atoms with Crippen molar-refractivity contribution in [3.8, 4) is 0 Å². The summed E-state index contributed by atoms with van der Waals surface area (Å²) in [6.07, 6.45) is 6.67. The summed E-state index contributed by atoms with van der Waals surface area (Å²) in [5.74, 6) is 0.318. The van der Waals surface area contributed by atoms with Gasteiger partial charge >= 0.3 is 0 Å². The van der Waals surface area contributed by atoms with E-state index in [0.29, 0.717) is 18.0 Å². The summed E-state index contributed by atoms with van der Waals surface area (Å²) in [6.45, 7) is 4.16. The fourth-order valence-corrected chi connectivity index (χ4v) is 3.40. The number of rotatable bonds is 4. The number of likely N-dealkylation sites (tertiary alicyclic amines) is 1. The van der Waals surface area contributed by atoms with Crippen LogP contribution in [0.4, 0.5) is 0 Å². The molecule has 0 radical (unpaired) electrons. The maximum absolute atomic E-state index is 12.2. The average Bonchev–Trinajstić information content (AvgIpc) is 2.69. The zero-order chi connectivity index (χ0) is 13.1. The topological polar surface area (TPSA) is 49.6 Å². The van der Waals surface area contributed by atoms with Gasteiger partial charge in [-0.15, -0.1) is 0 Å². The lowest BCUT2D eigenvalue weighted by Gasteiger charge is -2.38. The Bertz CT molecular complexity index is 287. The minimum absolute atomic E-state index is 0.134. The Morgan fingerprint density at radius 1 is 1.28 bits per heavy atom. The van der Waals surface area contributed by atoms with E-state index in [9.17, 15) is 4.79 Å². The first-order valence-electron chi connectivity index (χ1n) is 7.39. The number of hydrogen-bond donors (Lipinski definition) is 1. The Labute approximate surface area is 110 Å². The van der Waals surface area contributed by atoms with Gasteiger partial charge in [0.15, 0.2) is 0 Å². The number of likely N-dealkylation sites (N-methyl/N-ethyl adjacent to an activating group) is 1. The second-order valence-electron chi connectivity index (χ2n) is 5.87. The van der Waals surface area contributed by atoms with Crippen LogP contribution < -0.4 is 5.73 Å². The Morgan fingerprint density at radius 3 is 2.44 bits per heavy atom. The molecule has 2 aliphatic rings. The molecule has 4 heteroatoms. The van der Waals surface area contributed by atoms with Crippen LogP contribution in [0.25, 0.3) is 0 Å². The molecule has 18 heavy (non-hydrogen) atoms. The summed E-state index contributed by atoms with van der Waals surface area (Å²) in [5, 5.41) is 0. The molecule has 1 unspecified atom stereocenters. The maximum atomic E-state index is 12.2. The smallest absolute Gasteiger partial charge is 0.239 e. The predicted molar refractivity (Wildman–Crippen MR) is 73.3 cm³/mol. The van der Waals surface area contributed by atoms with E-state index < -0.39 is 0 Å². The van der Waals surface area contributed by atoms with Gasteiger partial charge in [-0.25, -0.2) is 0 Å². The van der Waals surface area contributed by atoms with E-state index >= 15 is 0 Å². The molecule has 1 saturated carbocycles. The van der Waals surface area contributed by atoms with Gasteiger partial charge in [0.05, 0.1) is 6.04 Å². The third-order valence-corrected chi connectivity index (χ3v) is 4.49. The van der Waals surface area contributed by atoms with Crippen molar-refractivity contribution in [1.29, 1.82) is 0 Å². The molecule has 0 spiro atoms. The van der Waals surface area contributed by atoms with Gasteiger partial charge in [0.1, 0.15) is 0 Å². The first kappa shape index (κ1) is 13.8. The first-order chi connectivity index (χ1) is 8.63. The maximum Gasteiger partial charge on any atom is 0.239 e. The average molecular weight is 253 g/mol. The number of carbonyl (C=O) groups is 1. The summed E-state index contributed by atoms with van der Waals surface area (Å²) in [7, 11) is 1.92. The van der Waals surface area contributed by atoms with E-state index in [4.69, 9.17) is 5.73 Å². The van der Waals surface area contributed by atoms with E-state index in [-0.39, 0.29) is 6.04 Å². The summed E-state index contributed by atoms with van der Waals surface area (Å²) < 4.78 is 0. The Kier molecular flexibility index (Phi) is 4.62. The number of amides is 1. The first-order valence-corrected chi connectivity index (χ1v) is 7.39. The molecule has 1 amide bonds. The lowest BCUT2D eigenvalue weighted by atomic mass is 9.89. The van der Waals surface area contributed by atoms with Crippen molar-refractivity contribution in [2.24, 2.45) is 5.73 Å². The highest BCUT2D eigenvalue weighted by Crippen LogP contribution is 2.27. The molecule has 2 N–H and O–H groups in total. The van der Waals surface area contributed by atoms with Gasteiger partial charge in [0, 0.05) is 25.7 Å². The van der Waals surface area contributed by atoms with Crippen molar-refractivity contribution in [2.75, 3.05) is 20.1 Å². The molecule has 1 aliphatic carbocycles. The summed E-state index contributed by atoms with van der Waals surface area (Å²) in [6, 6.07) is 1.09. The minimum Gasteiger partial charge on any atom is -0.344 e. The Morgan fingerprint density at radius 2 is 1.94 bits per heavy atom. The fraction of sp³-hybridized carbons (Fsp3) is 0.929. The lowest BCUT2D eigenvalue weighted by molar-refractivity contribution is -0.132. The normalized spacial score (nSPS) is 33.4. The minimum atomic E-state index is 0.134. The van der Waals surface area contributed by atoms with Crippen molar-refractivity contribution < 1.29 is 4.79 Å². The van der Waals surface area contributed by atoms with E-state index in [2.05, 4.69) is 11.8 Å². The Balaban J connectivity index is 2.01. The molecule has 0 aromatic heterocycles. The van der Waals surface area contributed by atoms with Crippen molar-refractivity contribution in [2.45, 2.75) is 63.6 Å². The van der Waals surface area contributed by atoms with Crippen LogP contribution in [-0.2, 0) is 4.79 Å². The van der Waals surface area contributed by atoms with Gasteiger partial charge < -0.3 is 10.6 Å². The predicted octanol–water partition coefficient (Wildman–Crippen LogP) is 1.20. The van der Waals surface area contributed by atoms with E-state index in [1.807, 2.05) is 11.9 Å². The van der Waals surface area contributed by atoms with Gasteiger partial charge in [-0.05, 0) is 45.1 Å². The molecule has 1 atom stereocenters. The zero-order valence-electron chi connectivity index (χ0n) is 11.8. The van der Waals surface area contributed by atoms with Crippen molar-refractivity contribution in [3.05, 3.63) is 0 Å². The summed E-state index contributed by atoms with van der Waals surface area (Å²) in [4.78, 5) is 16.5. The van der Waals surface area contributed by atoms with Crippen LogP contribution in [0.5, 0.6) is 0 Å². The van der Waals surface area contributed by atoms with Crippen LogP contribution in [0.1, 0.15) is 45.4 Å². The Hall–Kier alpha value is -0.610. The van der Waals surface area contributed by atoms with Crippen molar-refractivity contribution in [3.63, 3.8) is 0 Å². The molecule has 2 fully saturated rings. The molecule has 1 heterocycles. The summed E-state index contributed by atoms with van der Waals surface area (Å²) in [5.41, 5.74) is 5.98. The largest absolute Gasteiger partial charge is 0.344 e. The van der Waals surface area contributed by atoms with Crippen LogP contribution in [0.15, 0.2) is 0 Å². The molecular weight excluding hydrogens is 226 g/mol. The van der Waals surface area contributed by atoms with Crippen LogP contribution >= 0.6 is 0 Å². The highest BCUT2D eigenvalue weighted by Gasteiger charge is 2.37. The fourth-order valence-electron chi connectivity index (χ4n) is 3.40. The third kappa shape index (κ3) is 2.86. The zero-order valence-corrected chi connectivity index (χ0v) is 11.8. The molecule has 104 valence electrons. The van der Waals surface area contributed by atoms with E-state index in [1.54, 1.807) is 0 Å². The quantitative estimate of drug-likeness (QED) is 0.819. The molecule has 1 saturated heterocycles. The molecule has 2 rings (SSSR count). The molecule has 0 aromatic carbocycles. The lowest BCUT2D eigenvalue weighted by Crippen LogP contribution is -2.49. The van der Waals surface area contributed by atoms with Gasteiger partial charge in [-0.1, -0.05) is 6.92 Å². The number of nitrogens with two attached hydrogens (primary N) is 1. The van der Waals surface area contributed by atoms with Crippen LogP contribution in [0.3, 0.4) is 0 Å². The second-order valence-corrected chi connectivity index (χ2v) is 5.87. The molecular formula is C14H27N3O. The van der Waals surface area contributed by atoms with E-state index in [1.165, 1.54) is 0 Å². The van der Waals surface area contributed by atoms with Crippen LogP contribution in [-0.4, -0.2) is 54.0 Å². The highest BCUT2D eigenvalue weighted by atomic mass is 16.2. The standard InChI is InChI=1S/C14H27N3O/c1-3-9-17(12-6-4-11(15)5-7-12)13-8-10-16(2)14(13)18/h11-13H,3-10,15H2,1-2H3. The van der Waals surface area contributed by atoms with Crippen molar-refractivity contribution in [1.82, 2.24) is 9.80 Å². The number of nitrogens with zero attached hydrogens (tertiary/aromatic N) is 2.